The summed E-state index contributed by atoms with van der Waals surface area (Å²) < 4.78 is 0. The van der Waals surface area contributed by atoms with Gasteiger partial charge in [0.05, 0.1) is 0 Å². The Kier molecular flexibility index (Phi) is 2.07. The molecule has 10 heavy (non-hydrogen) atoms. The quantitative estimate of drug-likeness (QED) is 0.585. The molecule has 1 nitrogen and oxygen atoms in total. The zero-order valence-corrected chi connectivity index (χ0v) is 6.09. The van der Waals surface area contributed by atoms with Crippen molar-refractivity contribution in [2.45, 2.75) is 12.5 Å². The minimum absolute atomic E-state index is 0.365. The lowest BCUT2D eigenvalue weighted by molar-refractivity contribution is 0.942. The molecule has 0 aromatic carbocycles. The summed E-state index contributed by atoms with van der Waals surface area (Å²) in [6.45, 7) is 7.32. The molecule has 0 amide bonds. The summed E-state index contributed by atoms with van der Waals surface area (Å²) in [6, 6.07) is 0.365. The summed E-state index contributed by atoms with van der Waals surface area (Å²) in [6.07, 6.45) is 6.72. The number of hydrogen-bond donors (Lipinski definition) is 1. The molecule has 1 saturated carbocycles. The van der Waals surface area contributed by atoms with E-state index in [0.717, 1.165) is 6.42 Å². The molecule has 0 aromatic rings. The van der Waals surface area contributed by atoms with Crippen LogP contribution in [0.25, 0.3) is 0 Å². The number of rotatable bonds is 3. The lowest BCUT2D eigenvalue weighted by atomic mass is 10.1. The molecule has 1 heteroatoms. The van der Waals surface area contributed by atoms with Gasteiger partial charge in [0.2, 0.25) is 0 Å². The van der Waals surface area contributed by atoms with Crippen molar-refractivity contribution in [3.63, 3.8) is 0 Å². The monoisotopic (exact) mass is 135 g/mol. The zero-order valence-electron chi connectivity index (χ0n) is 6.09. The third-order valence-corrected chi connectivity index (χ3v) is 1.81. The van der Waals surface area contributed by atoms with Crippen LogP contribution in [0.2, 0.25) is 0 Å². The fraction of sp³-hybridized carbons (Fsp3) is 0.333. The predicted molar refractivity (Wildman–Crippen MR) is 44.6 cm³/mol. The lowest BCUT2D eigenvalue weighted by Crippen LogP contribution is -2.02. The van der Waals surface area contributed by atoms with Gasteiger partial charge in [0.1, 0.15) is 0 Å². The molecular weight excluding hydrogens is 122 g/mol. The van der Waals surface area contributed by atoms with E-state index in [1.807, 2.05) is 12.2 Å². The van der Waals surface area contributed by atoms with Crippen LogP contribution in [0.4, 0.5) is 0 Å². The molecule has 0 aliphatic heterocycles. The standard InChI is InChI=1S/C9H13N/c1-3-5-7(4-2)8-6-9(8)10/h3-5,8-9H,1-2,6,10H2/b7-5+. The van der Waals surface area contributed by atoms with E-state index in [-0.39, 0.29) is 0 Å². The second-order valence-electron chi connectivity index (χ2n) is 2.61. The lowest BCUT2D eigenvalue weighted by Gasteiger charge is -1.94. The highest BCUT2D eigenvalue weighted by molar-refractivity contribution is 5.30. The minimum Gasteiger partial charge on any atom is -0.327 e. The van der Waals surface area contributed by atoms with E-state index >= 15 is 0 Å². The molecular formula is C9H13N. The van der Waals surface area contributed by atoms with Gasteiger partial charge in [0.25, 0.3) is 0 Å². The first-order chi connectivity index (χ1) is 4.79. The third-order valence-electron chi connectivity index (χ3n) is 1.81. The van der Waals surface area contributed by atoms with Crippen LogP contribution in [0.5, 0.6) is 0 Å². The first-order valence-corrected chi connectivity index (χ1v) is 3.50. The molecule has 0 heterocycles. The van der Waals surface area contributed by atoms with Gasteiger partial charge in [-0.1, -0.05) is 31.4 Å². The van der Waals surface area contributed by atoms with Crippen molar-refractivity contribution >= 4 is 0 Å². The Labute approximate surface area is 61.9 Å². The fourth-order valence-corrected chi connectivity index (χ4v) is 1.08. The summed E-state index contributed by atoms with van der Waals surface area (Å²) in [5, 5.41) is 0. The van der Waals surface area contributed by atoms with Crippen LogP contribution in [-0.2, 0) is 0 Å². The highest BCUT2D eigenvalue weighted by Crippen LogP contribution is 2.35. The Morgan fingerprint density at radius 2 is 2.10 bits per heavy atom. The van der Waals surface area contributed by atoms with Gasteiger partial charge in [-0.05, 0) is 12.0 Å². The Hall–Kier alpha value is -0.820. The van der Waals surface area contributed by atoms with Gasteiger partial charge in [-0.15, -0.1) is 0 Å². The fourth-order valence-electron chi connectivity index (χ4n) is 1.08. The molecule has 1 rings (SSSR count). The third kappa shape index (κ3) is 1.36. The van der Waals surface area contributed by atoms with Crippen LogP contribution in [0.1, 0.15) is 6.42 Å². The Morgan fingerprint density at radius 1 is 1.50 bits per heavy atom. The maximum atomic E-state index is 5.65. The minimum atomic E-state index is 0.365. The van der Waals surface area contributed by atoms with Gasteiger partial charge in [-0.2, -0.15) is 0 Å². The van der Waals surface area contributed by atoms with Crippen LogP contribution in [0, 0.1) is 5.92 Å². The van der Waals surface area contributed by atoms with Crippen LogP contribution >= 0.6 is 0 Å². The Balaban J connectivity index is 2.57. The zero-order chi connectivity index (χ0) is 7.56. The molecule has 0 aromatic heterocycles. The van der Waals surface area contributed by atoms with Crippen LogP contribution < -0.4 is 5.73 Å². The molecule has 0 saturated heterocycles. The second-order valence-corrected chi connectivity index (χ2v) is 2.61. The number of nitrogens with two attached hydrogens (primary N) is 1. The van der Waals surface area contributed by atoms with Crippen molar-refractivity contribution in [2.75, 3.05) is 0 Å². The van der Waals surface area contributed by atoms with Crippen LogP contribution in [-0.4, -0.2) is 6.04 Å². The Morgan fingerprint density at radius 3 is 2.40 bits per heavy atom. The van der Waals surface area contributed by atoms with E-state index in [4.69, 9.17) is 5.73 Å². The number of hydrogen-bond acceptors (Lipinski definition) is 1. The summed E-state index contributed by atoms with van der Waals surface area (Å²) in [7, 11) is 0. The molecule has 2 N–H and O–H groups in total. The average molecular weight is 135 g/mol. The normalized spacial score (nSPS) is 31.5. The molecule has 0 radical (unpaired) electrons. The van der Waals surface area contributed by atoms with Crippen molar-refractivity contribution in [3.8, 4) is 0 Å². The predicted octanol–water partition coefficient (Wildman–Crippen LogP) is 1.63. The van der Waals surface area contributed by atoms with E-state index in [2.05, 4.69) is 13.2 Å². The molecule has 2 atom stereocenters. The molecule has 1 fully saturated rings. The maximum Gasteiger partial charge on any atom is 0.0115 e. The largest absolute Gasteiger partial charge is 0.327 e. The van der Waals surface area contributed by atoms with Gasteiger partial charge >= 0.3 is 0 Å². The van der Waals surface area contributed by atoms with Crippen molar-refractivity contribution in [1.29, 1.82) is 0 Å². The smallest absolute Gasteiger partial charge is 0.0115 e. The topological polar surface area (TPSA) is 26.0 Å². The van der Waals surface area contributed by atoms with E-state index < -0.39 is 0 Å². The van der Waals surface area contributed by atoms with E-state index in [0.29, 0.717) is 12.0 Å². The van der Waals surface area contributed by atoms with Gasteiger partial charge < -0.3 is 5.73 Å². The maximum absolute atomic E-state index is 5.65. The van der Waals surface area contributed by atoms with Crippen molar-refractivity contribution in [3.05, 3.63) is 37.0 Å². The van der Waals surface area contributed by atoms with Crippen molar-refractivity contribution in [2.24, 2.45) is 11.7 Å². The highest BCUT2D eigenvalue weighted by Gasteiger charge is 2.34. The molecule has 1 aliphatic rings. The average Bonchev–Trinajstić information content (AvgIpc) is 2.62. The van der Waals surface area contributed by atoms with Crippen LogP contribution in [0.3, 0.4) is 0 Å². The van der Waals surface area contributed by atoms with Gasteiger partial charge in [0.15, 0.2) is 0 Å². The van der Waals surface area contributed by atoms with Gasteiger partial charge in [-0.3, -0.25) is 0 Å². The molecule has 54 valence electrons. The summed E-state index contributed by atoms with van der Waals surface area (Å²) in [4.78, 5) is 0. The highest BCUT2D eigenvalue weighted by atomic mass is 14.7. The SMILES string of the molecule is C=C/C=C(\C=C)C1CC1N. The summed E-state index contributed by atoms with van der Waals surface area (Å²) >= 11 is 0. The first-order valence-electron chi connectivity index (χ1n) is 3.50. The molecule has 0 spiro atoms. The second kappa shape index (κ2) is 2.84. The molecule has 2 unspecified atom stereocenters. The van der Waals surface area contributed by atoms with E-state index in [1.165, 1.54) is 5.57 Å². The van der Waals surface area contributed by atoms with Crippen molar-refractivity contribution < 1.29 is 0 Å². The summed E-state index contributed by atoms with van der Waals surface area (Å²) in [5.74, 6) is 0.551. The molecule has 1 aliphatic carbocycles. The van der Waals surface area contributed by atoms with Crippen molar-refractivity contribution in [1.82, 2.24) is 0 Å². The molecule has 0 bridgehead atoms. The summed E-state index contributed by atoms with van der Waals surface area (Å²) in [5.41, 5.74) is 6.87. The van der Waals surface area contributed by atoms with Crippen LogP contribution in [0.15, 0.2) is 37.0 Å². The van der Waals surface area contributed by atoms with E-state index in [1.54, 1.807) is 6.08 Å². The first kappa shape index (κ1) is 7.29. The Bertz CT molecular complexity index is 179. The number of allylic oxidation sites excluding steroid dienone is 3. The van der Waals surface area contributed by atoms with E-state index in [9.17, 15) is 0 Å². The van der Waals surface area contributed by atoms with Gasteiger partial charge in [0, 0.05) is 12.0 Å². The van der Waals surface area contributed by atoms with Gasteiger partial charge in [-0.25, -0.2) is 0 Å².